The van der Waals surface area contributed by atoms with Crippen molar-refractivity contribution in [1.29, 1.82) is 0 Å². The number of ketones is 1. The van der Waals surface area contributed by atoms with E-state index in [0.717, 1.165) is 30.2 Å². The average Bonchev–Trinajstić information content (AvgIpc) is 2.88. The zero-order chi connectivity index (χ0) is 16.6. The van der Waals surface area contributed by atoms with Crippen LogP contribution in [-0.4, -0.2) is 22.7 Å². The van der Waals surface area contributed by atoms with Crippen LogP contribution in [0, 0.1) is 11.3 Å². The van der Waals surface area contributed by atoms with Crippen LogP contribution in [0.3, 0.4) is 0 Å². The first kappa shape index (κ1) is 15.8. The van der Waals surface area contributed by atoms with Gasteiger partial charge in [0, 0.05) is 23.1 Å². The molecule has 0 unspecified atom stereocenters. The van der Waals surface area contributed by atoms with Gasteiger partial charge in [-0.05, 0) is 36.7 Å². The molecule has 0 aliphatic heterocycles. The summed E-state index contributed by atoms with van der Waals surface area (Å²) in [7, 11) is 0. The fourth-order valence-corrected chi connectivity index (χ4v) is 4.09. The number of carbonyl (C=O) groups is 2. The Hall–Kier alpha value is -2.10. The maximum absolute atomic E-state index is 12.5. The predicted molar refractivity (Wildman–Crippen MR) is 91.4 cm³/mol. The van der Waals surface area contributed by atoms with Crippen molar-refractivity contribution in [3.8, 4) is 0 Å². The molecule has 0 saturated heterocycles. The van der Waals surface area contributed by atoms with Crippen molar-refractivity contribution in [3.05, 3.63) is 36.0 Å². The Morgan fingerprint density at radius 2 is 1.96 bits per heavy atom. The molecular weight excluding hydrogens is 288 g/mol. The van der Waals surface area contributed by atoms with Crippen LogP contribution in [0.25, 0.3) is 10.9 Å². The zero-order valence-electron chi connectivity index (χ0n) is 14.0. The smallest absolute Gasteiger partial charge is 0.292 e. The third-order valence-electron chi connectivity index (χ3n) is 4.76. The molecule has 2 N–H and O–H groups in total. The van der Waals surface area contributed by atoms with Crippen LogP contribution in [0.4, 0.5) is 0 Å². The summed E-state index contributed by atoms with van der Waals surface area (Å²) in [5, 5.41) is 3.75. The number of aromatic nitrogens is 1. The second-order valence-electron chi connectivity index (χ2n) is 7.66. The van der Waals surface area contributed by atoms with Gasteiger partial charge in [0.05, 0.1) is 5.56 Å². The van der Waals surface area contributed by atoms with E-state index >= 15 is 0 Å². The summed E-state index contributed by atoms with van der Waals surface area (Å²) in [6.07, 6.45) is 4.65. The van der Waals surface area contributed by atoms with Crippen LogP contribution < -0.4 is 5.32 Å². The molecule has 0 spiro atoms. The average molecular weight is 312 g/mol. The number of Topliss-reactive ketones (excluding diaryl/α,β-unsaturated/α-hetero) is 1. The number of hydrogen-bond acceptors (Lipinski definition) is 2. The van der Waals surface area contributed by atoms with E-state index in [4.69, 9.17) is 0 Å². The van der Waals surface area contributed by atoms with Gasteiger partial charge in [0.2, 0.25) is 0 Å². The van der Waals surface area contributed by atoms with Crippen LogP contribution in [-0.2, 0) is 4.79 Å². The molecule has 3 rings (SSSR count). The molecule has 0 bridgehead atoms. The number of aromatic amines is 1. The Balaban J connectivity index is 1.74. The lowest BCUT2D eigenvalue weighted by Gasteiger charge is -2.39. The van der Waals surface area contributed by atoms with E-state index in [1.54, 1.807) is 6.20 Å². The zero-order valence-corrected chi connectivity index (χ0v) is 14.0. The lowest BCUT2D eigenvalue weighted by atomic mass is 9.70. The second kappa shape index (κ2) is 5.84. The molecule has 2 atom stereocenters. The summed E-state index contributed by atoms with van der Waals surface area (Å²) in [6.45, 7) is 6.66. The normalized spacial score (nSPS) is 23.6. The van der Waals surface area contributed by atoms with Gasteiger partial charge in [0.1, 0.15) is 0 Å². The summed E-state index contributed by atoms with van der Waals surface area (Å²) in [6, 6.07) is 7.61. The molecule has 1 aromatic carbocycles. The van der Waals surface area contributed by atoms with Crippen LogP contribution in [0.15, 0.2) is 30.5 Å². The number of para-hydroxylation sites is 1. The molecule has 2 aromatic rings. The Morgan fingerprint density at radius 3 is 2.70 bits per heavy atom. The van der Waals surface area contributed by atoms with Gasteiger partial charge < -0.3 is 10.3 Å². The molecule has 1 heterocycles. The highest BCUT2D eigenvalue weighted by Crippen LogP contribution is 2.38. The van der Waals surface area contributed by atoms with E-state index in [9.17, 15) is 9.59 Å². The van der Waals surface area contributed by atoms with Crippen molar-refractivity contribution in [1.82, 2.24) is 10.3 Å². The molecule has 0 radical (unpaired) electrons. The van der Waals surface area contributed by atoms with E-state index in [-0.39, 0.29) is 11.5 Å². The van der Waals surface area contributed by atoms with E-state index in [2.05, 4.69) is 31.1 Å². The molecule has 1 aliphatic carbocycles. The first-order valence-corrected chi connectivity index (χ1v) is 8.27. The number of hydrogen-bond donors (Lipinski definition) is 2. The van der Waals surface area contributed by atoms with Crippen LogP contribution in [0.5, 0.6) is 0 Å². The second-order valence-corrected chi connectivity index (χ2v) is 7.66. The SMILES string of the molecule is C[C@@H]1C[C@H](NC(=O)C(=O)c2c[nH]c3ccccc23)CC(C)(C)C1. The van der Waals surface area contributed by atoms with Crippen molar-refractivity contribution in [2.24, 2.45) is 11.3 Å². The van der Waals surface area contributed by atoms with E-state index in [1.807, 2.05) is 24.3 Å². The van der Waals surface area contributed by atoms with Gasteiger partial charge in [-0.3, -0.25) is 9.59 Å². The third kappa shape index (κ3) is 3.31. The highest BCUT2D eigenvalue weighted by Gasteiger charge is 2.33. The van der Waals surface area contributed by atoms with Crippen LogP contribution >= 0.6 is 0 Å². The first-order chi connectivity index (χ1) is 10.9. The molecule has 1 saturated carbocycles. The summed E-state index contributed by atoms with van der Waals surface area (Å²) < 4.78 is 0. The van der Waals surface area contributed by atoms with Crippen molar-refractivity contribution in [3.63, 3.8) is 0 Å². The van der Waals surface area contributed by atoms with Gasteiger partial charge in [0.25, 0.3) is 11.7 Å². The Bertz CT molecular complexity index is 745. The first-order valence-electron chi connectivity index (χ1n) is 8.27. The molecule has 1 aliphatic rings. The van der Waals surface area contributed by atoms with E-state index < -0.39 is 11.7 Å². The maximum atomic E-state index is 12.5. The molecule has 1 amide bonds. The number of H-pyrrole nitrogens is 1. The molecule has 122 valence electrons. The van der Waals surface area contributed by atoms with E-state index in [1.165, 1.54) is 0 Å². The molecule has 23 heavy (non-hydrogen) atoms. The lowest BCUT2D eigenvalue weighted by Crippen LogP contribution is -2.45. The molecule has 4 heteroatoms. The maximum Gasteiger partial charge on any atom is 0.292 e. The van der Waals surface area contributed by atoms with Crippen molar-refractivity contribution in [2.75, 3.05) is 0 Å². The lowest BCUT2D eigenvalue weighted by molar-refractivity contribution is -0.118. The fraction of sp³-hybridized carbons (Fsp3) is 0.474. The topological polar surface area (TPSA) is 62.0 Å². The summed E-state index contributed by atoms with van der Waals surface area (Å²) in [5.74, 6) is -0.393. The fourth-order valence-electron chi connectivity index (χ4n) is 4.09. The quantitative estimate of drug-likeness (QED) is 0.671. The van der Waals surface area contributed by atoms with Crippen molar-refractivity contribution >= 4 is 22.6 Å². The number of amides is 1. The van der Waals surface area contributed by atoms with Crippen molar-refractivity contribution in [2.45, 2.75) is 46.1 Å². The van der Waals surface area contributed by atoms with Crippen molar-refractivity contribution < 1.29 is 9.59 Å². The van der Waals surface area contributed by atoms with Crippen LogP contribution in [0.1, 0.15) is 50.4 Å². The molecular formula is C19H24N2O2. The monoisotopic (exact) mass is 312 g/mol. The number of carbonyl (C=O) groups excluding carboxylic acids is 2. The number of fused-ring (bicyclic) bond motifs is 1. The molecule has 1 fully saturated rings. The summed E-state index contributed by atoms with van der Waals surface area (Å²) >= 11 is 0. The standard InChI is InChI=1S/C19H24N2O2/c1-12-8-13(10-19(2,3)9-12)21-18(23)17(22)15-11-20-16-7-5-4-6-14(15)16/h4-7,11-13,20H,8-10H2,1-3H3,(H,21,23)/t12-,13+/m1/s1. The number of rotatable bonds is 3. The molecule has 4 nitrogen and oxygen atoms in total. The Morgan fingerprint density at radius 1 is 1.22 bits per heavy atom. The summed E-state index contributed by atoms with van der Waals surface area (Å²) in [4.78, 5) is 27.9. The number of nitrogens with one attached hydrogen (secondary N) is 2. The Kier molecular flexibility index (Phi) is 4.00. The van der Waals surface area contributed by atoms with Gasteiger partial charge in [-0.25, -0.2) is 0 Å². The van der Waals surface area contributed by atoms with Gasteiger partial charge in [-0.15, -0.1) is 0 Å². The van der Waals surface area contributed by atoms with Gasteiger partial charge in [-0.2, -0.15) is 0 Å². The Labute approximate surface area is 136 Å². The van der Waals surface area contributed by atoms with Gasteiger partial charge in [0.15, 0.2) is 0 Å². The van der Waals surface area contributed by atoms with Gasteiger partial charge >= 0.3 is 0 Å². The highest BCUT2D eigenvalue weighted by atomic mass is 16.2. The predicted octanol–water partition coefficient (Wildman–Crippen LogP) is 3.68. The summed E-state index contributed by atoms with van der Waals surface area (Å²) in [5.41, 5.74) is 1.52. The minimum Gasteiger partial charge on any atom is -0.360 e. The van der Waals surface area contributed by atoms with Crippen LogP contribution in [0.2, 0.25) is 0 Å². The number of benzene rings is 1. The minimum atomic E-state index is -0.496. The minimum absolute atomic E-state index is 0.0791. The third-order valence-corrected chi connectivity index (χ3v) is 4.76. The highest BCUT2D eigenvalue weighted by molar-refractivity contribution is 6.45. The largest absolute Gasteiger partial charge is 0.360 e. The molecule has 1 aromatic heterocycles. The van der Waals surface area contributed by atoms with Gasteiger partial charge in [-0.1, -0.05) is 39.0 Å². The van der Waals surface area contributed by atoms with E-state index in [0.29, 0.717) is 11.5 Å².